The van der Waals surface area contributed by atoms with Gasteiger partial charge in [0.05, 0.1) is 7.11 Å². The maximum absolute atomic E-state index is 12.8. The number of hydrogen-bond acceptors (Lipinski definition) is 3. The minimum Gasteiger partial charge on any atom is -0.493 e. The molecular formula is C18H16F3NO3. The second-order valence-corrected chi connectivity index (χ2v) is 4.97. The van der Waals surface area contributed by atoms with Crippen molar-refractivity contribution in [2.75, 3.05) is 7.11 Å². The Balaban J connectivity index is 1.95. The molecule has 0 saturated carbocycles. The van der Waals surface area contributed by atoms with Gasteiger partial charge in [0.25, 0.3) is 0 Å². The molecule has 0 spiro atoms. The molecule has 0 heterocycles. The van der Waals surface area contributed by atoms with Crippen molar-refractivity contribution >= 4 is 12.0 Å². The third kappa shape index (κ3) is 5.87. The first-order valence-corrected chi connectivity index (χ1v) is 7.31. The van der Waals surface area contributed by atoms with Crippen LogP contribution in [0.15, 0.2) is 48.5 Å². The smallest absolute Gasteiger partial charge is 0.387 e. The number of alkyl halides is 2. The maximum Gasteiger partial charge on any atom is 0.387 e. The molecule has 0 radical (unpaired) electrons. The van der Waals surface area contributed by atoms with Gasteiger partial charge in [-0.2, -0.15) is 8.78 Å². The van der Waals surface area contributed by atoms with E-state index in [0.29, 0.717) is 5.56 Å². The van der Waals surface area contributed by atoms with Crippen LogP contribution in [-0.4, -0.2) is 19.6 Å². The molecular weight excluding hydrogens is 335 g/mol. The van der Waals surface area contributed by atoms with Gasteiger partial charge in [-0.3, -0.25) is 4.79 Å². The quantitative estimate of drug-likeness (QED) is 0.773. The molecule has 0 saturated heterocycles. The molecule has 7 heteroatoms. The van der Waals surface area contributed by atoms with E-state index in [1.807, 2.05) is 0 Å². The first kappa shape index (κ1) is 18.4. The third-order valence-corrected chi connectivity index (χ3v) is 3.21. The van der Waals surface area contributed by atoms with E-state index in [1.165, 1.54) is 49.6 Å². The fourth-order valence-electron chi connectivity index (χ4n) is 2.00. The number of rotatable bonds is 7. The number of carbonyl (C=O) groups excluding carboxylic acids is 1. The molecule has 4 nitrogen and oxygen atoms in total. The molecule has 0 aliphatic heterocycles. The molecule has 1 N–H and O–H groups in total. The Bertz CT molecular complexity index is 746. The van der Waals surface area contributed by atoms with Crippen molar-refractivity contribution < 1.29 is 27.4 Å². The zero-order valence-corrected chi connectivity index (χ0v) is 13.3. The number of benzene rings is 2. The molecule has 2 rings (SSSR count). The molecule has 0 aromatic heterocycles. The topological polar surface area (TPSA) is 47.6 Å². The molecule has 0 atom stereocenters. The fraction of sp³-hybridized carbons (Fsp3) is 0.167. The van der Waals surface area contributed by atoms with Crippen LogP contribution in [0.3, 0.4) is 0 Å². The highest BCUT2D eigenvalue weighted by atomic mass is 19.3. The lowest BCUT2D eigenvalue weighted by molar-refractivity contribution is -0.116. The van der Waals surface area contributed by atoms with Crippen LogP contribution in [-0.2, 0) is 11.3 Å². The van der Waals surface area contributed by atoms with Gasteiger partial charge >= 0.3 is 6.61 Å². The van der Waals surface area contributed by atoms with E-state index in [1.54, 1.807) is 12.1 Å². The Labute approximate surface area is 142 Å². The minimum atomic E-state index is -2.95. The second-order valence-electron chi connectivity index (χ2n) is 4.97. The van der Waals surface area contributed by atoms with Crippen LogP contribution in [0.1, 0.15) is 11.1 Å². The average molecular weight is 351 g/mol. The van der Waals surface area contributed by atoms with Crippen molar-refractivity contribution in [3.63, 3.8) is 0 Å². The Morgan fingerprint density at radius 1 is 1.16 bits per heavy atom. The summed E-state index contributed by atoms with van der Waals surface area (Å²) >= 11 is 0. The van der Waals surface area contributed by atoms with Gasteiger partial charge in [0.1, 0.15) is 5.82 Å². The van der Waals surface area contributed by atoms with Gasteiger partial charge in [-0.25, -0.2) is 4.39 Å². The summed E-state index contributed by atoms with van der Waals surface area (Å²) in [5.41, 5.74) is 1.34. The zero-order chi connectivity index (χ0) is 18.2. The van der Waals surface area contributed by atoms with E-state index >= 15 is 0 Å². The number of hydrogen-bond donors (Lipinski definition) is 1. The molecule has 0 aliphatic carbocycles. The van der Waals surface area contributed by atoms with Crippen molar-refractivity contribution in [2.45, 2.75) is 13.2 Å². The van der Waals surface area contributed by atoms with Gasteiger partial charge in [0.2, 0.25) is 5.91 Å². The number of methoxy groups -OCH3 is 1. The molecule has 0 aliphatic rings. The van der Waals surface area contributed by atoms with Gasteiger partial charge < -0.3 is 14.8 Å². The Hall–Kier alpha value is -2.96. The van der Waals surface area contributed by atoms with E-state index in [9.17, 15) is 18.0 Å². The summed E-state index contributed by atoms with van der Waals surface area (Å²) in [6, 6.07) is 10.1. The van der Waals surface area contributed by atoms with Crippen molar-refractivity contribution in [1.29, 1.82) is 0 Å². The molecule has 2 aromatic rings. The Morgan fingerprint density at radius 3 is 2.52 bits per heavy atom. The summed E-state index contributed by atoms with van der Waals surface area (Å²) in [5.74, 6) is -0.649. The third-order valence-electron chi connectivity index (χ3n) is 3.21. The van der Waals surface area contributed by atoms with E-state index < -0.39 is 6.61 Å². The first-order valence-electron chi connectivity index (χ1n) is 7.31. The first-order chi connectivity index (χ1) is 12.0. The number of carbonyl (C=O) groups is 1. The van der Waals surface area contributed by atoms with Gasteiger partial charge in [-0.1, -0.05) is 18.2 Å². The summed E-state index contributed by atoms with van der Waals surface area (Å²) in [6.07, 6.45) is 2.81. The van der Waals surface area contributed by atoms with Gasteiger partial charge in [-0.05, 0) is 41.5 Å². The predicted molar refractivity (Wildman–Crippen MR) is 86.9 cm³/mol. The lowest BCUT2D eigenvalue weighted by Gasteiger charge is -2.10. The summed E-state index contributed by atoms with van der Waals surface area (Å²) in [6.45, 7) is -2.69. The fourth-order valence-corrected chi connectivity index (χ4v) is 2.00. The van der Waals surface area contributed by atoms with E-state index in [2.05, 4.69) is 10.1 Å². The van der Waals surface area contributed by atoms with E-state index in [4.69, 9.17) is 4.74 Å². The molecule has 1 amide bonds. The van der Waals surface area contributed by atoms with Crippen molar-refractivity contribution in [1.82, 2.24) is 5.32 Å². The maximum atomic E-state index is 12.8. The summed E-state index contributed by atoms with van der Waals surface area (Å²) in [4.78, 5) is 11.8. The van der Waals surface area contributed by atoms with Crippen LogP contribution >= 0.6 is 0 Å². The average Bonchev–Trinajstić information content (AvgIpc) is 2.60. The minimum absolute atomic E-state index is 0.0876. The normalized spacial score (nSPS) is 10.9. The Kier molecular flexibility index (Phi) is 6.45. The largest absolute Gasteiger partial charge is 0.493 e. The van der Waals surface area contributed by atoms with Crippen LogP contribution in [0.5, 0.6) is 11.5 Å². The summed E-state index contributed by atoms with van der Waals surface area (Å²) < 4.78 is 46.6. The SMILES string of the molecule is COc1cc(C=CC(=O)NCc2ccc(F)cc2)ccc1OC(F)F. The monoisotopic (exact) mass is 351 g/mol. The highest BCUT2D eigenvalue weighted by Crippen LogP contribution is 2.29. The highest BCUT2D eigenvalue weighted by molar-refractivity contribution is 5.91. The molecule has 2 aromatic carbocycles. The lowest BCUT2D eigenvalue weighted by Crippen LogP contribution is -2.20. The number of amides is 1. The lowest BCUT2D eigenvalue weighted by atomic mass is 10.2. The van der Waals surface area contributed by atoms with Crippen LogP contribution in [0.2, 0.25) is 0 Å². The van der Waals surface area contributed by atoms with Gasteiger partial charge in [-0.15, -0.1) is 0 Å². The van der Waals surface area contributed by atoms with E-state index in [0.717, 1.165) is 5.56 Å². The van der Waals surface area contributed by atoms with Crippen LogP contribution in [0, 0.1) is 5.82 Å². The van der Waals surface area contributed by atoms with Crippen LogP contribution in [0.25, 0.3) is 6.08 Å². The van der Waals surface area contributed by atoms with Crippen LogP contribution < -0.4 is 14.8 Å². The standard InChI is InChI=1S/C18H16F3NO3/c1-24-16-10-12(4-8-15(16)25-18(20)21)5-9-17(23)22-11-13-2-6-14(19)7-3-13/h2-10,18H,11H2,1H3,(H,22,23). The number of nitrogens with one attached hydrogen (secondary N) is 1. The zero-order valence-electron chi connectivity index (χ0n) is 13.3. The van der Waals surface area contributed by atoms with E-state index in [-0.39, 0.29) is 29.8 Å². The molecule has 0 unspecified atom stereocenters. The molecule has 25 heavy (non-hydrogen) atoms. The van der Waals surface area contributed by atoms with Crippen LogP contribution in [0.4, 0.5) is 13.2 Å². The number of ether oxygens (including phenoxy) is 2. The molecule has 0 bridgehead atoms. The summed E-state index contributed by atoms with van der Waals surface area (Å²) in [5, 5.41) is 2.65. The van der Waals surface area contributed by atoms with Gasteiger partial charge in [0, 0.05) is 12.6 Å². The number of halogens is 3. The second kappa shape index (κ2) is 8.77. The van der Waals surface area contributed by atoms with Gasteiger partial charge in [0.15, 0.2) is 11.5 Å². The van der Waals surface area contributed by atoms with Crippen molar-refractivity contribution in [3.05, 3.63) is 65.5 Å². The van der Waals surface area contributed by atoms with Crippen molar-refractivity contribution in [3.8, 4) is 11.5 Å². The molecule has 0 fully saturated rings. The summed E-state index contributed by atoms with van der Waals surface area (Å²) in [7, 11) is 1.33. The Morgan fingerprint density at radius 2 is 1.88 bits per heavy atom. The predicted octanol–water partition coefficient (Wildman–Crippen LogP) is 3.77. The van der Waals surface area contributed by atoms with Crippen molar-refractivity contribution in [2.24, 2.45) is 0 Å². The highest BCUT2D eigenvalue weighted by Gasteiger charge is 2.10. The molecule has 132 valence electrons.